The van der Waals surface area contributed by atoms with Crippen LogP contribution in [0.5, 0.6) is 5.75 Å². The highest BCUT2D eigenvalue weighted by molar-refractivity contribution is 5.94. The van der Waals surface area contributed by atoms with E-state index in [0.717, 1.165) is 27.8 Å². The van der Waals surface area contributed by atoms with E-state index >= 15 is 0 Å². The van der Waals surface area contributed by atoms with Crippen LogP contribution in [-0.4, -0.2) is 64.7 Å². The maximum absolute atomic E-state index is 13.8. The molecule has 4 aromatic carbocycles. The molecule has 3 atom stereocenters. The number of hydrogen-bond acceptors (Lipinski definition) is 7. The molecule has 1 aliphatic rings. The van der Waals surface area contributed by atoms with E-state index in [-0.39, 0.29) is 37.5 Å². The number of phenols is 1. The highest BCUT2D eigenvalue weighted by atomic mass is 16.5. The number of primary amides is 1. The van der Waals surface area contributed by atoms with E-state index in [0.29, 0.717) is 5.56 Å². The Bertz CT molecular complexity index is 1800. The molecule has 0 fully saturated rings. The van der Waals surface area contributed by atoms with E-state index in [1.165, 1.54) is 12.1 Å². The van der Waals surface area contributed by atoms with Gasteiger partial charge in [-0.3, -0.25) is 19.2 Å². The zero-order chi connectivity index (χ0) is 35.6. The molecular weight excluding hydrogens is 640 g/mol. The van der Waals surface area contributed by atoms with Gasteiger partial charge in [0.25, 0.3) is 0 Å². The van der Waals surface area contributed by atoms with Crippen LogP contribution in [0.25, 0.3) is 11.1 Å². The van der Waals surface area contributed by atoms with Crippen LogP contribution >= 0.6 is 0 Å². The summed E-state index contributed by atoms with van der Waals surface area (Å²) in [5.74, 6) is -3.85. The summed E-state index contributed by atoms with van der Waals surface area (Å²) in [7, 11) is 0. The number of ether oxygens (including phenoxy) is 1. The number of aliphatic carboxylic acids is 1. The molecular formula is C38H38N4O8. The summed E-state index contributed by atoms with van der Waals surface area (Å²) in [5, 5.41) is 26.8. The van der Waals surface area contributed by atoms with Gasteiger partial charge in [-0.1, -0.05) is 91.0 Å². The molecule has 0 saturated heterocycles. The smallest absolute Gasteiger partial charge is 0.407 e. The Hall–Kier alpha value is -6.17. The first-order valence-corrected chi connectivity index (χ1v) is 16.1. The highest BCUT2D eigenvalue weighted by Crippen LogP contribution is 2.44. The van der Waals surface area contributed by atoms with E-state index in [9.17, 15) is 34.2 Å². The zero-order valence-electron chi connectivity index (χ0n) is 27.1. The van der Waals surface area contributed by atoms with Crippen molar-refractivity contribution in [3.63, 3.8) is 0 Å². The normalized spacial score (nSPS) is 13.5. The number of carbonyl (C=O) groups is 5. The third-order valence-corrected chi connectivity index (χ3v) is 8.55. The summed E-state index contributed by atoms with van der Waals surface area (Å²) in [4.78, 5) is 64.1. The number of fused-ring (bicyclic) bond motifs is 3. The maximum atomic E-state index is 13.8. The summed E-state index contributed by atoms with van der Waals surface area (Å²) >= 11 is 0. The molecule has 5 rings (SSSR count). The van der Waals surface area contributed by atoms with Crippen LogP contribution in [0.3, 0.4) is 0 Å². The maximum Gasteiger partial charge on any atom is 0.407 e. The fraction of sp³-hybridized carbons (Fsp3) is 0.237. The Balaban J connectivity index is 1.31. The van der Waals surface area contributed by atoms with Crippen molar-refractivity contribution < 1.29 is 38.9 Å². The summed E-state index contributed by atoms with van der Waals surface area (Å²) in [6, 6.07) is 26.8. The predicted octanol–water partition coefficient (Wildman–Crippen LogP) is 3.40. The van der Waals surface area contributed by atoms with E-state index in [2.05, 4.69) is 16.0 Å². The fourth-order valence-electron chi connectivity index (χ4n) is 6.01. The van der Waals surface area contributed by atoms with Gasteiger partial charge in [-0.2, -0.15) is 0 Å². The molecule has 0 heterocycles. The number of aromatic hydroxyl groups is 1. The number of nitrogens with one attached hydrogen (secondary N) is 3. The number of rotatable bonds is 15. The summed E-state index contributed by atoms with van der Waals surface area (Å²) in [6.07, 6.45) is -1.63. The molecule has 0 aliphatic heterocycles. The first-order chi connectivity index (χ1) is 24.1. The lowest BCUT2D eigenvalue weighted by molar-refractivity contribution is -0.138. The SMILES string of the molecule is NC(=O)[C@H](Cc1ccccc1)NC(=O)[C@H](CCC(=O)O)NC(=O)[C@H](Cc1ccc(O)cc1)NC(=O)OCC1c2ccccc2-c2ccccc21. The zero-order valence-corrected chi connectivity index (χ0v) is 27.1. The second-order valence-electron chi connectivity index (χ2n) is 12.0. The van der Waals surface area contributed by atoms with Crippen molar-refractivity contribution in [1.29, 1.82) is 0 Å². The van der Waals surface area contributed by atoms with Crippen molar-refractivity contribution in [1.82, 2.24) is 16.0 Å². The molecule has 7 N–H and O–H groups in total. The van der Waals surface area contributed by atoms with Crippen molar-refractivity contribution in [2.75, 3.05) is 6.61 Å². The number of hydrogen-bond donors (Lipinski definition) is 6. The molecule has 12 heteroatoms. The number of benzene rings is 4. The van der Waals surface area contributed by atoms with Gasteiger partial charge < -0.3 is 36.6 Å². The van der Waals surface area contributed by atoms with Crippen molar-refractivity contribution >= 4 is 29.8 Å². The van der Waals surface area contributed by atoms with Gasteiger partial charge in [0.1, 0.15) is 30.5 Å². The van der Waals surface area contributed by atoms with Crippen LogP contribution in [0.4, 0.5) is 4.79 Å². The van der Waals surface area contributed by atoms with Gasteiger partial charge in [0.2, 0.25) is 17.7 Å². The number of carbonyl (C=O) groups excluding carboxylic acids is 4. The van der Waals surface area contributed by atoms with Gasteiger partial charge in [-0.25, -0.2) is 4.79 Å². The quantitative estimate of drug-likeness (QED) is 0.110. The number of carboxylic acid groups (broad SMARTS) is 1. The Labute approximate surface area is 288 Å². The van der Waals surface area contributed by atoms with Crippen LogP contribution in [0, 0.1) is 0 Å². The monoisotopic (exact) mass is 678 g/mol. The first kappa shape index (κ1) is 35.1. The first-order valence-electron chi connectivity index (χ1n) is 16.1. The Kier molecular flexibility index (Phi) is 11.4. The van der Waals surface area contributed by atoms with Crippen molar-refractivity contribution in [2.45, 2.75) is 49.7 Å². The molecule has 50 heavy (non-hydrogen) atoms. The minimum Gasteiger partial charge on any atom is -0.508 e. The van der Waals surface area contributed by atoms with Gasteiger partial charge in [-0.15, -0.1) is 0 Å². The third-order valence-electron chi connectivity index (χ3n) is 8.55. The standard InChI is InChI=1S/C38H38N4O8/c39-35(46)32(20-23-8-2-1-3-9-23)41-36(47)31(18-19-34(44)45)40-37(48)33(21-24-14-16-25(43)17-15-24)42-38(49)50-22-30-28-12-6-4-10-26(28)27-11-5-7-13-29(27)30/h1-17,30-33,43H,18-22H2,(H2,39,46)(H,40,48)(H,41,47)(H,42,49)(H,44,45)/t31-,32-,33-/m0/s1. The highest BCUT2D eigenvalue weighted by Gasteiger charge is 2.32. The molecule has 4 amide bonds. The number of amides is 4. The lowest BCUT2D eigenvalue weighted by atomic mass is 9.98. The number of nitrogens with two attached hydrogens (primary N) is 1. The number of carboxylic acids is 1. The Morgan fingerprint density at radius 1 is 0.660 bits per heavy atom. The molecule has 12 nitrogen and oxygen atoms in total. The van der Waals surface area contributed by atoms with Crippen molar-refractivity contribution in [3.05, 3.63) is 125 Å². The number of phenolic OH excluding ortho intramolecular Hbond substituents is 1. The van der Waals surface area contributed by atoms with Gasteiger partial charge in [0, 0.05) is 25.2 Å². The lowest BCUT2D eigenvalue weighted by Gasteiger charge is -2.25. The Morgan fingerprint density at radius 2 is 1.18 bits per heavy atom. The van der Waals surface area contributed by atoms with E-state index in [1.807, 2.05) is 48.5 Å². The number of alkyl carbamates (subject to hydrolysis) is 1. The molecule has 0 unspecified atom stereocenters. The summed E-state index contributed by atoms with van der Waals surface area (Å²) in [5.41, 5.74) is 11.0. The molecule has 258 valence electrons. The molecule has 0 radical (unpaired) electrons. The van der Waals surface area contributed by atoms with Crippen molar-refractivity contribution in [3.8, 4) is 16.9 Å². The molecule has 0 aromatic heterocycles. The molecule has 0 saturated carbocycles. The second-order valence-corrected chi connectivity index (χ2v) is 12.0. The van der Waals surface area contributed by atoms with E-state index in [1.54, 1.807) is 42.5 Å². The van der Waals surface area contributed by atoms with Gasteiger partial charge >= 0.3 is 12.1 Å². The van der Waals surface area contributed by atoms with Gasteiger partial charge in [-0.05, 0) is 51.9 Å². The Morgan fingerprint density at radius 3 is 1.78 bits per heavy atom. The van der Waals surface area contributed by atoms with Gasteiger partial charge in [0.15, 0.2) is 0 Å². The molecule has 0 bridgehead atoms. The molecule has 0 spiro atoms. The van der Waals surface area contributed by atoms with Crippen LogP contribution in [0.2, 0.25) is 0 Å². The van der Waals surface area contributed by atoms with Gasteiger partial charge in [0.05, 0.1) is 0 Å². The molecule has 1 aliphatic carbocycles. The summed E-state index contributed by atoms with van der Waals surface area (Å²) < 4.78 is 5.67. The third kappa shape index (κ3) is 9.04. The predicted molar refractivity (Wildman–Crippen MR) is 184 cm³/mol. The van der Waals surface area contributed by atoms with Crippen LogP contribution < -0.4 is 21.7 Å². The summed E-state index contributed by atoms with van der Waals surface area (Å²) in [6.45, 7) is -0.00697. The largest absolute Gasteiger partial charge is 0.508 e. The van der Waals surface area contributed by atoms with Crippen molar-refractivity contribution in [2.24, 2.45) is 5.73 Å². The van der Waals surface area contributed by atoms with E-state index < -0.39 is 54.3 Å². The average molecular weight is 679 g/mol. The molecule has 4 aromatic rings. The minimum atomic E-state index is -1.39. The second kappa shape index (κ2) is 16.3. The van der Waals surface area contributed by atoms with Crippen LogP contribution in [0.1, 0.15) is 41.0 Å². The lowest BCUT2D eigenvalue weighted by Crippen LogP contribution is -2.57. The topological polar surface area (TPSA) is 197 Å². The van der Waals surface area contributed by atoms with Crippen LogP contribution in [-0.2, 0) is 36.8 Å². The average Bonchev–Trinajstić information content (AvgIpc) is 3.43. The van der Waals surface area contributed by atoms with E-state index in [4.69, 9.17) is 10.5 Å². The van der Waals surface area contributed by atoms with Crippen LogP contribution in [0.15, 0.2) is 103 Å². The fourth-order valence-corrected chi connectivity index (χ4v) is 6.01. The minimum absolute atomic E-state index is 0.00385.